The lowest BCUT2D eigenvalue weighted by Crippen LogP contribution is -2.34. The topological polar surface area (TPSA) is 114 Å². The molecule has 174 valence electrons. The first-order valence-electron chi connectivity index (χ1n) is 10.7. The molecule has 0 unspecified atom stereocenters. The molecule has 1 aromatic heterocycles. The minimum atomic E-state index is -0.480. The Morgan fingerprint density at radius 3 is 2.17 bits per heavy atom. The first-order chi connectivity index (χ1) is 17.0. The van der Waals surface area contributed by atoms with Gasteiger partial charge in [0.05, 0.1) is 4.92 Å². The molecule has 0 spiro atoms. The van der Waals surface area contributed by atoms with Crippen LogP contribution in [0.2, 0.25) is 0 Å². The third-order valence-corrected chi connectivity index (χ3v) is 5.10. The molecule has 1 heterocycles. The molecule has 2 N–H and O–H groups in total. The smallest absolute Gasteiger partial charge is 0.269 e. The molecule has 4 rings (SSSR count). The van der Waals surface area contributed by atoms with Gasteiger partial charge in [0.25, 0.3) is 17.5 Å². The van der Waals surface area contributed by atoms with Gasteiger partial charge in [-0.25, -0.2) is 0 Å². The number of nitrogens with zero attached hydrogens (tertiary/aromatic N) is 1. The summed E-state index contributed by atoms with van der Waals surface area (Å²) in [4.78, 5) is 36.1. The van der Waals surface area contributed by atoms with Crippen LogP contribution in [0.4, 0.5) is 5.69 Å². The van der Waals surface area contributed by atoms with E-state index in [1.165, 1.54) is 18.2 Å². The van der Waals surface area contributed by atoms with E-state index >= 15 is 0 Å². The predicted molar refractivity (Wildman–Crippen MR) is 131 cm³/mol. The Labute approximate surface area is 201 Å². The summed E-state index contributed by atoms with van der Waals surface area (Å²) in [7, 11) is 0. The predicted octanol–water partition coefficient (Wildman–Crippen LogP) is 4.94. The van der Waals surface area contributed by atoms with E-state index in [0.717, 1.165) is 5.56 Å². The zero-order valence-electron chi connectivity index (χ0n) is 18.5. The summed E-state index contributed by atoms with van der Waals surface area (Å²) in [5.41, 5.74) is 1.94. The number of amides is 2. The Morgan fingerprint density at radius 1 is 0.857 bits per heavy atom. The number of carbonyl (C=O) groups excluding carboxylic acids is 2. The van der Waals surface area contributed by atoms with Gasteiger partial charge in [0.15, 0.2) is 0 Å². The lowest BCUT2D eigenvalue weighted by Gasteiger charge is -2.11. The summed E-state index contributed by atoms with van der Waals surface area (Å²) in [6, 6.07) is 27.2. The van der Waals surface area contributed by atoms with Crippen molar-refractivity contribution in [2.45, 2.75) is 6.54 Å². The highest BCUT2D eigenvalue weighted by Crippen LogP contribution is 2.25. The molecule has 0 fully saturated rings. The van der Waals surface area contributed by atoms with E-state index in [4.69, 9.17) is 4.42 Å². The molecular formula is C27H21N3O5. The highest BCUT2D eigenvalue weighted by molar-refractivity contribution is 6.05. The molecule has 0 saturated carbocycles. The van der Waals surface area contributed by atoms with Crippen molar-refractivity contribution < 1.29 is 18.9 Å². The van der Waals surface area contributed by atoms with Gasteiger partial charge in [-0.2, -0.15) is 0 Å². The Morgan fingerprint density at radius 2 is 1.51 bits per heavy atom. The van der Waals surface area contributed by atoms with E-state index in [0.29, 0.717) is 22.6 Å². The van der Waals surface area contributed by atoms with Crippen LogP contribution in [0.15, 0.2) is 107 Å². The van der Waals surface area contributed by atoms with Gasteiger partial charge < -0.3 is 15.1 Å². The first kappa shape index (κ1) is 23.2. The second-order valence-corrected chi connectivity index (χ2v) is 7.55. The fourth-order valence-electron chi connectivity index (χ4n) is 3.29. The number of nitro groups is 1. The molecule has 0 atom stereocenters. The molecule has 0 aliphatic carbocycles. The normalized spacial score (nSPS) is 11.0. The van der Waals surface area contributed by atoms with Crippen LogP contribution in [0.25, 0.3) is 17.4 Å². The second kappa shape index (κ2) is 10.8. The molecule has 35 heavy (non-hydrogen) atoms. The lowest BCUT2D eigenvalue weighted by atomic mass is 10.1. The minimum absolute atomic E-state index is 0.0133. The number of non-ortho nitro benzene ring substituents is 1. The number of hydrogen-bond donors (Lipinski definition) is 2. The number of nitro benzene ring substituents is 1. The first-order valence-corrected chi connectivity index (χ1v) is 10.7. The third-order valence-electron chi connectivity index (χ3n) is 5.10. The summed E-state index contributed by atoms with van der Waals surface area (Å²) < 4.78 is 5.82. The quantitative estimate of drug-likeness (QED) is 0.216. The maximum atomic E-state index is 13.0. The molecule has 4 aromatic rings. The Hall–Kier alpha value is -4.98. The minimum Gasteiger partial charge on any atom is -0.457 e. The zero-order valence-corrected chi connectivity index (χ0v) is 18.5. The van der Waals surface area contributed by atoms with Crippen LogP contribution in [0.3, 0.4) is 0 Å². The fraction of sp³-hybridized carbons (Fsp3) is 0.0370. The van der Waals surface area contributed by atoms with E-state index in [2.05, 4.69) is 10.6 Å². The van der Waals surface area contributed by atoms with Crippen molar-refractivity contribution in [3.63, 3.8) is 0 Å². The van der Waals surface area contributed by atoms with Crippen molar-refractivity contribution in [1.29, 1.82) is 0 Å². The molecular weight excluding hydrogens is 446 g/mol. The van der Waals surface area contributed by atoms with Gasteiger partial charge in [-0.05, 0) is 42.0 Å². The molecule has 0 aliphatic rings. The van der Waals surface area contributed by atoms with Crippen LogP contribution in [0, 0.1) is 10.1 Å². The number of rotatable bonds is 8. The van der Waals surface area contributed by atoms with Crippen molar-refractivity contribution in [1.82, 2.24) is 10.6 Å². The van der Waals surface area contributed by atoms with E-state index < -0.39 is 16.7 Å². The molecule has 3 aromatic carbocycles. The highest BCUT2D eigenvalue weighted by atomic mass is 16.6. The van der Waals surface area contributed by atoms with Crippen molar-refractivity contribution in [3.05, 3.63) is 130 Å². The summed E-state index contributed by atoms with van der Waals surface area (Å²) in [5.74, 6) is -0.124. The van der Waals surface area contributed by atoms with Gasteiger partial charge in [0.1, 0.15) is 17.2 Å². The molecule has 8 heteroatoms. The standard InChI is InChI=1S/C27H21N3O5/c31-26(21-9-5-2-6-10-21)29-24(27(32)28-18-19-7-3-1-4-8-19)17-23-15-16-25(35-23)20-11-13-22(14-12-20)30(33)34/h1-17H,18H2,(H,28,32)(H,29,31)/b24-17+. The molecule has 0 radical (unpaired) electrons. The summed E-state index contributed by atoms with van der Waals surface area (Å²) in [6.45, 7) is 0.282. The maximum absolute atomic E-state index is 13.0. The zero-order chi connectivity index (χ0) is 24.6. The molecule has 0 aliphatic heterocycles. The highest BCUT2D eigenvalue weighted by Gasteiger charge is 2.16. The summed E-state index contributed by atoms with van der Waals surface area (Å²) in [6.07, 6.45) is 1.44. The molecule has 8 nitrogen and oxygen atoms in total. The number of carbonyl (C=O) groups is 2. The van der Waals surface area contributed by atoms with Crippen molar-refractivity contribution in [2.75, 3.05) is 0 Å². The van der Waals surface area contributed by atoms with Crippen LogP contribution in [0.1, 0.15) is 21.7 Å². The van der Waals surface area contributed by atoms with Gasteiger partial charge in [0, 0.05) is 35.9 Å². The van der Waals surface area contributed by atoms with E-state index in [1.54, 1.807) is 54.6 Å². The fourth-order valence-corrected chi connectivity index (χ4v) is 3.29. The van der Waals surface area contributed by atoms with Crippen molar-refractivity contribution >= 4 is 23.6 Å². The monoisotopic (exact) mass is 467 g/mol. The lowest BCUT2D eigenvalue weighted by molar-refractivity contribution is -0.384. The maximum Gasteiger partial charge on any atom is 0.269 e. The number of hydrogen-bond acceptors (Lipinski definition) is 5. The number of nitrogens with one attached hydrogen (secondary N) is 2. The third kappa shape index (κ3) is 6.08. The Kier molecular flexibility index (Phi) is 7.13. The van der Waals surface area contributed by atoms with E-state index in [-0.39, 0.29) is 17.9 Å². The molecule has 2 amide bonds. The van der Waals surface area contributed by atoms with E-state index in [9.17, 15) is 19.7 Å². The molecule has 0 saturated heterocycles. The largest absolute Gasteiger partial charge is 0.457 e. The summed E-state index contributed by atoms with van der Waals surface area (Å²) >= 11 is 0. The van der Waals surface area contributed by atoms with Gasteiger partial charge in [-0.15, -0.1) is 0 Å². The van der Waals surface area contributed by atoms with Crippen LogP contribution in [0.5, 0.6) is 0 Å². The second-order valence-electron chi connectivity index (χ2n) is 7.55. The van der Waals surface area contributed by atoms with Crippen LogP contribution in [-0.2, 0) is 11.3 Å². The number of furan rings is 1. The number of benzene rings is 3. The Balaban J connectivity index is 1.57. The summed E-state index contributed by atoms with van der Waals surface area (Å²) in [5, 5.41) is 16.3. The van der Waals surface area contributed by atoms with Crippen LogP contribution >= 0.6 is 0 Å². The van der Waals surface area contributed by atoms with Crippen LogP contribution < -0.4 is 10.6 Å². The van der Waals surface area contributed by atoms with Gasteiger partial charge in [-0.3, -0.25) is 19.7 Å². The van der Waals surface area contributed by atoms with Crippen LogP contribution in [-0.4, -0.2) is 16.7 Å². The average molecular weight is 467 g/mol. The van der Waals surface area contributed by atoms with E-state index in [1.807, 2.05) is 30.3 Å². The molecule has 0 bridgehead atoms. The Bertz CT molecular complexity index is 1360. The van der Waals surface area contributed by atoms with Crippen molar-refractivity contribution in [2.24, 2.45) is 0 Å². The van der Waals surface area contributed by atoms with Gasteiger partial charge in [-0.1, -0.05) is 48.5 Å². The van der Waals surface area contributed by atoms with Gasteiger partial charge in [0.2, 0.25) is 0 Å². The van der Waals surface area contributed by atoms with Crippen molar-refractivity contribution in [3.8, 4) is 11.3 Å². The average Bonchev–Trinajstić information content (AvgIpc) is 3.36. The SMILES string of the molecule is O=C(NCc1ccccc1)/C(=C\c1ccc(-c2ccc([N+](=O)[O-])cc2)o1)NC(=O)c1ccccc1. The van der Waals surface area contributed by atoms with Gasteiger partial charge >= 0.3 is 0 Å².